The molecule has 174 valence electrons. The summed E-state index contributed by atoms with van der Waals surface area (Å²) in [5.41, 5.74) is 0.444. The normalized spacial score (nSPS) is 16.6. The molecule has 0 bridgehead atoms. The Morgan fingerprint density at radius 1 is 1.24 bits per heavy atom. The van der Waals surface area contributed by atoms with Crippen molar-refractivity contribution in [1.29, 1.82) is 0 Å². The van der Waals surface area contributed by atoms with Crippen molar-refractivity contribution in [2.75, 3.05) is 13.1 Å². The van der Waals surface area contributed by atoms with Gasteiger partial charge in [-0.05, 0) is 38.9 Å². The van der Waals surface area contributed by atoms with Gasteiger partial charge in [-0.1, -0.05) is 30.3 Å². The van der Waals surface area contributed by atoms with Crippen LogP contribution in [0.3, 0.4) is 0 Å². The lowest BCUT2D eigenvalue weighted by atomic mass is 9.96. The summed E-state index contributed by atoms with van der Waals surface area (Å²) in [6, 6.07) is 9.44. The summed E-state index contributed by atoms with van der Waals surface area (Å²) >= 11 is 1.46. The average molecular weight is 477 g/mol. The molecule has 1 aromatic carbocycles. The van der Waals surface area contributed by atoms with Crippen molar-refractivity contribution < 1.29 is 22.8 Å². The number of aryl methyl sites for hydroxylation is 1. The largest absolute Gasteiger partial charge is 0.435 e. The van der Waals surface area contributed by atoms with Gasteiger partial charge in [0.1, 0.15) is 12.0 Å². The molecule has 1 atom stereocenters. The van der Waals surface area contributed by atoms with Gasteiger partial charge in [0.15, 0.2) is 5.69 Å². The van der Waals surface area contributed by atoms with E-state index in [-0.39, 0.29) is 18.2 Å². The van der Waals surface area contributed by atoms with E-state index >= 15 is 0 Å². The van der Waals surface area contributed by atoms with Crippen LogP contribution in [0, 0.1) is 6.92 Å². The third-order valence-electron chi connectivity index (χ3n) is 5.93. The molecule has 4 rings (SSSR count). The first kappa shape index (κ1) is 23.3. The summed E-state index contributed by atoms with van der Waals surface area (Å²) in [4.78, 5) is 30.9. The van der Waals surface area contributed by atoms with E-state index in [4.69, 9.17) is 0 Å². The van der Waals surface area contributed by atoms with Gasteiger partial charge in [-0.25, -0.2) is 4.98 Å². The maximum Gasteiger partial charge on any atom is 0.435 e. The molecule has 1 aliphatic rings. The van der Waals surface area contributed by atoms with Crippen LogP contribution in [-0.2, 0) is 17.5 Å². The lowest BCUT2D eigenvalue weighted by Crippen LogP contribution is -2.44. The molecule has 1 aliphatic heterocycles. The van der Waals surface area contributed by atoms with Crippen molar-refractivity contribution in [3.8, 4) is 0 Å². The lowest BCUT2D eigenvalue weighted by molar-refractivity contribution is -0.141. The van der Waals surface area contributed by atoms with Crippen molar-refractivity contribution in [1.82, 2.24) is 19.7 Å². The third-order valence-corrected chi connectivity index (χ3v) is 6.93. The standard InChI is InChI=1S/C23H23F3N4O2S/c1-15-11-20(23(24,25)26)28-30(15)12-18(13-31)29-9-7-17(8-10-29)22-27-19(14-33-22)21(32)16-5-3-2-4-6-16/h2-6,11,13-14,17-18H,7-10,12H2,1H3. The first-order chi connectivity index (χ1) is 15.8. The molecule has 33 heavy (non-hydrogen) atoms. The van der Waals surface area contributed by atoms with Crippen LogP contribution in [0.2, 0.25) is 0 Å². The predicted octanol–water partition coefficient (Wildman–Crippen LogP) is 4.34. The molecule has 0 aliphatic carbocycles. The van der Waals surface area contributed by atoms with Crippen LogP contribution in [0.1, 0.15) is 51.2 Å². The molecule has 0 amide bonds. The first-order valence-electron chi connectivity index (χ1n) is 10.6. The van der Waals surface area contributed by atoms with E-state index in [1.54, 1.807) is 24.4 Å². The van der Waals surface area contributed by atoms with E-state index in [9.17, 15) is 22.8 Å². The molecule has 0 saturated carbocycles. The second-order valence-corrected chi connectivity index (χ2v) is 9.02. The van der Waals surface area contributed by atoms with Crippen LogP contribution in [0.4, 0.5) is 13.2 Å². The highest BCUT2D eigenvalue weighted by molar-refractivity contribution is 7.10. The number of likely N-dealkylation sites (tertiary alicyclic amines) is 1. The minimum atomic E-state index is -4.51. The number of thiazole rings is 1. The summed E-state index contributed by atoms with van der Waals surface area (Å²) in [5, 5.41) is 6.32. The second kappa shape index (κ2) is 9.56. The zero-order valence-corrected chi connectivity index (χ0v) is 18.8. The van der Waals surface area contributed by atoms with Gasteiger partial charge in [-0.3, -0.25) is 14.4 Å². The molecule has 10 heteroatoms. The smallest absolute Gasteiger partial charge is 0.302 e. The Labute approximate surface area is 193 Å². The number of ketones is 1. The number of benzene rings is 1. The molecule has 6 nitrogen and oxygen atoms in total. The quantitative estimate of drug-likeness (QED) is 0.375. The number of aldehydes is 1. The maximum atomic E-state index is 12.9. The fraction of sp³-hybridized carbons (Fsp3) is 0.391. The van der Waals surface area contributed by atoms with Crippen LogP contribution < -0.4 is 0 Å². The number of carbonyl (C=O) groups is 2. The molecule has 0 N–H and O–H groups in total. The van der Waals surface area contributed by atoms with Gasteiger partial charge in [0.2, 0.25) is 5.78 Å². The Hall–Kier alpha value is -2.85. The molecule has 1 fully saturated rings. The van der Waals surface area contributed by atoms with Crippen LogP contribution in [-0.4, -0.2) is 50.9 Å². The molecule has 0 radical (unpaired) electrons. The maximum absolute atomic E-state index is 12.9. The summed E-state index contributed by atoms with van der Waals surface area (Å²) < 4.78 is 40.0. The fourth-order valence-corrected chi connectivity index (χ4v) is 5.02. The van der Waals surface area contributed by atoms with Gasteiger partial charge < -0.3 is 4.79 Å². The van der Waals surface area contributed by atoms with Crippen molar-refractivity contribution in [3.63, 3.8) is 0 Å². The number of piperidine rings is 1. The summed E-state index contributed by atoms with van der Waals surface area (Å²) in [5.74, 6) is 0.0727. The number of rotatable bonds is 7. The van der Waals surface area contributed by atoms with E-state index in [1.165, 1.54) is 16.0 Å². The molecule has 1 unspecified atom stereocenters. The van der Waals surface area contributed by atoms with Crippen molar-refractivity contribution in [2.45, 2.75) is 44.4 Å². The Balaban J connectivity index is 1.37. The van der Waals surface area contributed by atoms with Crippen molar-refractivity contribution in [2.24, 2.45) is 0 Å². The van der Waals surface area contributed by atoms with Crippen LogP contribution >= 0.6 is 11.3 Å². The van der Waals surface area contributed by atoms with Gasteiger partial charge in [0.05, 0.1) is 17.6 Å². The molecule has 2 aromatic heterocycles. The number of halogens is 3. The molecule has 3 heterocycles. The summed E-state index contributed by atoms with van der Waals surface area (Å²) in [6.07, 6.45) is -2.24. The molecular weight excluding hydrogens is 453 g/mol. The topological polar surface area (TPSA) is 68.1 Å². The average Bonchev–Trinajstić information content (AvgIpc) is 3.45. The molecule has 1 saturated heterocycles. The fourth-order valence-electron chi connectivity index (χ4n) is 4.05. The van der Waals surface area contributed by atoms with E-state index in [0.717, 1.165) is 30.2 Å². The second-order valence-electron chi connectivity index (χ2n) is 8.13. The number of nitrogens with zero attached hydrogens (tertiary/aromatic N) is 4. The number of alkyl halides is 3. The van der Waals surface area contributed by atoms with E-state index in [1.807, 2.05) is 23.1 Å². The SMILES string of the molecule is Cc1cc(C(F)(F)F)nn1CC(C=O)N1CCC(c2nc(C(=O)c3ccccc3)cs2)CC1. The van der Waals surface area contributed by atoms with E-state index in [2.05, 4.69) is 10.1 Å². The first-order valence-corrected chi connectivity index (χ1v) is 11.5. The Kier molecular flexibility index (Phi) is 6.76. The summed E-state index contributed by atoms with van der Waals surface area (Å²) in [7, 11) is 0. The van der Waals surface area contributed by atoms with Crippen LogP contribution in [0.15, 0.2) is 41.8 Å². The van der Waals surface area contributed by atoms with Gasteiger partial charge >= 0.3 is 6.18 Å². The van der Waals surface area contributed by atoms with Crippen LogP contribution in [0.5, 0.6) is 0 Å². The monoisotopic (exact) mass is 476 g/mol. The van der Waals surface area contributed by atoms with Crippen molar-refractivity contribution >= 4 is 23.4 Å². The van der Waals surface area contributed by atoms with E-state index < -0.39 is 17.9 Å². The zero-order valence-electron chi connectivity index (χ0n) is 18.0. The highest BCUT2D eigenvalue weighted by atomic mass is 32.1. The number of carbonyl (C=O) groups excluding carboxylic acids is 2. The minimum absolute atomic E-state index is 0.0725. The number of aromatic nitrogens is 3. The van der Waals surface area contributed by atoms with Crippen molar-refractivity contribution in [3.05, 3.63) is 69.4 Å². The highest BCUT2D eigenvalue weighted by Gasteiger charge is 2.35. The van der Waals surface area contributed by atoms with Gasteiger partial charge in [-0.2, -0.15) is 18.3 Å². The lowest BCUT2D eigenvalue weighted by Gasteiger charge is -2.34. The van der Waals surface area contributed by atoms with Gasteiger partial charge in [-0.15, -0.1) is 11.3 Å². The third kappa shape index (κ3) is 5.22. The van der Waals surface area contributed by atoms with E-state index in [0.29, 0.717) is 30.0 Å². The predicted molar refractivity (Wildman–Crippen MR) is 117 cm³/mol. The molecule has 0 spiro atoms. The Morgan fingerprint density at radius 2 is 1.94 bits per heavy atom. The number of hydrogen-bond donors (Lipinski definition) is 0. The zero-order chi connectivity index (χ0) is 23.6. The highest BCUT2D eigenvalue weighted by Crippen LogP contribution is 2.32. The van der Waals surface area contributed by atoms with Gasteiger partial charge in [0.25, 0.3) is 0 Å². The Bertz CT molecular complexity index is 1120. The Morgan fingerprint density at radius 3 is 2.55 bits per heavy atom. The molecule has 3 aromatic rings. The number of hydrogen-bond acceptors (Lipinski definition) is 6. The van der Waals surface area contributed by atoms with Crippen LogP contribution in [0.25, 0.3) is 0 Å². The van der Waals surface area contributed by atoms with Gasteiger partial charge in [0, 0.05) is 22.6 Å². The molecular formula is C23H23F3N4O2S. The summed E-state index contributed by atoms with van der Waals surface area (Å²) in [6.45, 7) is 2.85. The minimum Gasteiger partial charge on any atom is -0.302 e.